The van der Waals surface area contributed by atoms with Crippen molar-refractivity contribution in [2.75, 3.05) is 0 Å². The van der Waals surface area contributed by atoms with Crippen molar-refractivity contribution >= 4 is 0 Å². The van der Waals surface area contributed by atoms with Crippen LogP contribution in [-0.4, -0.2) is 6.10 Å². The summed E-state index contributed by atoms with van der Waals surface area (Å²) < 4.78 is 0. The van der Waals surface area contributed by atoms with Crippen molar-refractivity contribution in [3.05, 3.63) is 11.8 Å². The van der Waals surface area contributed by atoms with E-state index in [1.54, 1.807) is 0 Å². The van der Waals surface area contributed by atoms with Gasteiger partial charge >= 0.3 is 0 Å². The second kappa shape index (κ2) is 6.85. The van der Waals surface area contributed by atoms with E-state index in [1.165, 1.54) is 19.3 Å². The van der Waals surface area contributed by atoms with E-state index in [-0.39, 0.29) is 6.10 Å². The predicted octanol–water partition coefficient (Wildman–Crippen LogP) is 3.51. The van der Waals surface area contributed by atoms with Crippen molar-refractivity contribution < 1.29 is 14.8 Å². The smallest absolute Gasteiger partial charge is 0.141 e. The Balaban J connectivity index is 2.07. The monoisotopic (exact) mass is 200 g/mol. The van der Waals surface area contributed by atoms with Gasteiger partial charge in [0.1, 0.15) is 5.76 Å². The molecule has 0 bridgehead atoms. The van der Waals surface area contributed by atoms with E-state index in [4.69, 9.17) is 14.8 Å². The third-order valence-corrected chi connectivity index (χ3v) is 2.54. The van der Waals surface area contributed by atoms with Crippen molar-refractivity contribution in [1.82, 2.24) is 0 Å². The van der Waals surface area contributed by atoms with Crippen LogP contribution in [-0.2, 0) is 14.8 Å². The van der Waals surface area contributed by atoms with Gasteiger partial charge in [0.05, 0.1) is 6.10 Å². The molecule has 0 aromatic heterocycles. The largest absolute Gasteiger partial charge is 0.313 e. The molecule has 0 aliphatic heterocycles. The lowest BCUT2D eigenvalue weighted by Crippen LogP contribution is -2.16. The molecule has 3 heteroatoms. The highest BCUT2D eigenvalue weighted by molar-refractivity contribution is 4.86. The third kappa shape index (κ3) is 4.11. The molecule has 1 saturated carbocycles. The zero-order valence-corrected chi connectivity index (χ0v) is 9.12. The highest BCUT2D eigenvalue weighted by Gasteiger charge is 2.15. The fraction of sp³-hybridized carbons (Fsp3) is 0.818. The average molecular weight is 200 g/mol. The summed E-state index contributed by atoms with van der Waals surface area (Å²) >= 11 is 0. The molecule has 0 amide bonds. The molecule has 3 nitrogen and oxygen atoms in total. The summed E-state index contributed by atoms with van der Waals surface area (Å²) in [6.45, 7) is 3.93. The zero-order valence-electron chi connectivity index (χ0n) is 9.12. The van der Waals surface area contributed by atoms with E-state index in [2.05, 4.69) is 0 Å². The quantitative estimate of drug-likeness (QED) is 0.386. The lowest BCUT2D eigenvalue weighted by molar-refractivity contribution is -0.513. The van der Waals surface area contributed by atoms with Crippen molar-refractivity contribution in [1.29, 1.82) is 0 Å². The number of rotatable bonds is 5. The Labute approximate surface area is 85.9 Å². The van der Waals surface area contributed by atoms with Gasteiger partial charge in [-0.3, -0.25) is 0 Å². The molecule has 1 rings (SSSR count). The molecule has 0 heterocycles. The first-order chi connectivity index (χ1) is 6.86. The normalized spacial score (nSPS) is 19.7. The molecular weight excluding hydrogens is 180 g/mol. The van der Waals surface area contributed by atoms with Crippen molar-refractivity contribution in [3.63, 3.8) is 0 Å². The summed E-state index contributed by atoms with van der Waals surface area (Å²) in [5.41, 5.74) is 0. The predicted molar refractivity (Wildman–Crippen MR) is 54.2 cm³/mol. The molecule has 0 spiro atoms. The van der Waals surface area contributed by atoms with E-state index in [9.17, 15) is 0 Å². The van der Waals surface area contributed by atoms with Gasteiger partial charge in [-0.15, -0.1) is 0 Å². The van der Waals surface area contributed by atoms with Crippen LogP contribution >= 0.6 is 0 Å². The second-order valence-corrected chi connectivity index (χ2v) is 3.62. The van der Waals surface area contributed by atoms with Crippen LogP contribution in [0, 0.1) is 0 Å². The van der Waals surface area contributed by atoms with Crippen LogP contribution in [0.3, 0.4) is 0 Å². The van der Waals surface area contributed by atoms with Gasteiger partial charge in [-0.25, -0.2) is 0 Å². The van der Waals surface area contributed by atoms with Crippen LogP contribution in [0.25, 0.3) is 0 Å². The van der Waals surface area contributed by atoms with Crippen LogP contribution in [0.5, 0.6) is 0 Å². The van der Waals surface area contributed by atoms with E-state index in [0.29, 0.717) is 0 Å². The maximum atomic E-state index is 5.15. The van der Waals surface area contributed by atoms with Gasteiger partial charge in [-0.05, 0) is 30.9 Å². The Hall–Kier alpha value is -0.540. The lowest BCUT2D eigenvalue weighted by Gasteiger charge is -2.19. The molecule has 14 heavy (non-hydrogen) atoms. The minimum absolute atomic E-state index is 0.221. The molecule has 0 unspecified atom stereocenters. The van der Waals surface area contributed by atoms with Gasteiger partial charge in [0.2, 0.25) is 0 Å². The minimum atomic E-state index is 0.221. The Morgan fingerprint density at radius 2 is 2.00 bits per heavy atom. The van der Waals surface area contributed by atoms with Crippen LogP contribution in [0.15, 0.2) is 11.8 Å². The fourth-order valence-electron chi connectivity index (χ4n) is 1.59. The molecule has 82 valence electrons. The lowest BCUT2D eigenvalue weighted by atomic mass is 9.98. The van der Waals surface area contributed by atoms with Crippen LogP contribution in [0.1, 0.15) is 52.4 Å². The third-order valence-electron chi connectivity index (χ3n) is 2.54. The first-order valence-corrected chi connectivity index (χ1v) is 5.52. The molecule has 0 saturated heterocycles. The highest BCUT2D eigenvalue weighted by Crippen LogP contribution is 2.20. The molecule has 0 aromatic carbocycles. The molecule has 1 fully saturated rings. The summed E-state index contributed by atoms with van der Waals surface area (Å²) in [6.07, 6.45) is 8.88. The maximum Gasteiger partial charge on any atom is 0.141 e. The van der Waals surface area contributed by atoms with Crippen molar-refractivity contribution in [2.45, 2.75) is 58.5 Å². The number of hydrogen-bond donors (Lipinski definition) is 0. The highest BCUT2D eigenvalue weighted by atomic mass is 17.5. The van der Waals surface area contributed by atoms with Crippen LogP contribution in [0.2, 0.25) is 0 Å². The van der Waals surface area contributed by atoms with E-state index in [0.717, 1.165) is 25.0 Å². The summed E-state index contributed by atoms with van der Waals surface area (Å²) in [5, 5.41) is 4.75. The van der Waals surface area contributed by atoms with E-state index in [1.807, 2.05) is 19.9 Å². The van der Waals surface area contributed by atoms with Crippen molar-refractivity contribution in [3.8, 4) is 0 Å². The Kier molecular flexibility index (Phi) is 5.64. The van der Waals surface area contributed by atoms with E-state index >= 15 is 0 Å². The Bertz CT molecular complexity index is 171. The first-order valence-electron chi connectivity index (χ1n) is 5.52. The fourth-order valence-corrected chi connectivity index (χ4v) is 1.59. The molecule has 1 aliphatic carbocycles. The SMILES string of the molecule is CC=C(CC)OOOC1CCCCC1. The molecule has 0 atom stereocenters. The molecular formula is C11H20O3. The molecule has 1 aliphatic rings. The summed E-state index contributed by atoms with van der Waals surface area (Å²) in [6, 6.07) is 0. The minimum Gasteiger partial charge on any atom is -0.313 e. The topological polar surface area (TPSA) is 27.7 Å². The van der Waals surface area contributed by atoms with Gasteiger partial charge < -0.3 is 4.89 Å². The van der Waals surface area contributed by atoms with Gasteiger partial charge in [0.25, 0.3) is 0 Å². The van der Waals surface area contributed by atoms with E-state index < -0.39 is 0 Å². The second-order valence-electron chi connectivity index (χ2n) is 3.62. The molecule has 0 aromatic rings. The van der Waals surface area contributed by atoms with Gasteiger partial charge in [0.15, 0.2) is 0 Å². The number of hydrogen-bond acceptors (Lipinski definition) is 3. The standard InChI is InChI=1S/C11H20O3/c1-3-10(4-2)12-14-13-11-8-6-5-7-9-11/h3,11H,4-9H2,1-2H3. The van der Waals surface area contributed by atoms with Gasteiger partial charge in [-0.2, -0.15) is 4.89 Å². The maximum absolute atomic E-state index is 5.15. The Morgan fingerprint density at radius 3 is 2.57 bits per heavy atom. The number of allylic oxidation sites excluding steroid dienone is 2. The average Bonchev–Trinajstić information content (AvgIpc) is 2.26. The molecule has 0 N–H and O–H groups in total. The van der Waals surface area contributed by atoms with Gasteiger partial charge in [0, 0.05) is 6.42 Å². The van der Waals surface area contributed by atoms with Gasteiger partial charge in [-0.1, -0.05) is 26.2 Å². The van der Waals surface area contributed by atoms with Crippen molar-refractivity contribution in [2.24, 2.45) is 0 Å². The first kappa shape index (κ1) is 11.5. The zero-order chi connectivity index (χ0) is 10.2. The van der Waals surface area contributed by atoms with Crippen LogP contribution < -0.4 is 0 Å². The summed E-state index contributed by atoms with van der Waals surface area (Å²) in [5.74, 6) is 0.806. The Morgan fingerprint density at radius 1 is 1.29 bits per heavy atom. The summed E-state index contributed by atoms with van der Waals surface area (Å²) in [4.78, 5) is 10.1. The summed E-state index contributed by atoms with van der Waals surface area (Å²) in [7, 11) is 0. The van der Waals surface area contributed by atoms with Crippen LogP contribution in [0.4, 0.5) is 0 Å². The molecule has 0 radical (unpaired) electrons.